The number of benzene rings is 1. The Bertz CT molecular complexity index is 320. The Morgan fingerprint density at radius 2 is 1.80 bits per heavy atom. The van der Waals surface area contributed by atoms with Crippen molar-refractivity contribution in [2.24, 2.45) is 0 Å². The number of rotatable bonds is 4. The first-order chi connectivity index (χ1) is 7.12. The van der Waals surface area contributed by atoms with E-state index in [0.29, 0.717) is 11.5 Å². The highest BCUT2D eigenvalue weighted by Crippen LogP contribution is 2.47. The predicted molar refractivity (Wildman–Crippen MR) is 65.2 cm³/mol. The van der Waals surface area contributed by atoms with Crippen LogP contribution in [0.1, 0.15) is 37.8 Å². The summed E-state index contributed by atoms with van der Waals surface area (Å²) in [6.45, 7) is 7.71. The van der Waals surface area contributed by atoms with E-state index in [4.69, 9.17) is 0 Å². The molecular weight excluding hydrogens is 182 g/mol. The maximum absolute atomic E-state index is 3.56. The monoisotopic (exact) mass is 203 g/mol. The second-order valence-electron chi connectivity index (χ2n) is 5.18. The zero-order chi connectivity index (χ0) is 10.9. The Balaban J connectivity index is 2.06. The lowest BCUT2D eigenvalue weighted by molar-refractivity contribution is 0.520. The molecule has 15 heavy (non-hydrogen) atoms. The maximum atomic E-state index is 3.56. The molecule has 0 aliphatic heterocycles. The molecule has 1 aromatic carbocycles. The van der Waals surface area contributed by atoms with E-state index in [1.807, 2.05) is 0 Å². The minimum atomic E-state index is 0.456. The highest BCUT2D eigenvalue weighted by molar-refractivity contribution is 5.33. The molecule has 1 fully saturated rings. The highest BCUT2D eigenvalue weighted by Gasteiger charge is 2.43. The lowest BCUT2D eigenvalue weighted by atomic mass is 9.95. The van der Waals surface area contributed by atoms with Crippen LogP contribution in [0.2, 0.25) is 0 Å². The van der Waals surface area contributed by atoms with Gasteiger partial charge in [0.1, 0.15) is 0 Å². The van der Waals surface area contributed by atoms with Crippen LogP contribution in [0.25, 0.3) is 0 Å². The molecule has 0 atom stereocenters. The third-order valence-electron chi connectivity index (χ3n) is 3.37. The van der Waals surface area contributed by atoms with Gasteiger partial charge in [-0.2, -0.15) is 0 Å². The van der Waals surface area contributed by atoms with Gasteiger partial charge in [0.25, 0.3) is 0 Å². The number of aryl methyl sites for hydroxylation is 1. The minimum absolute atomic E-state index is 0.456. The molecule has 0 spiro atoms. The normalized spacial score (nSPS) is 18.1. The number of hydrogen-bond acceptors (Lipinski definition) is 1. The average Bonchev–Trinajstić information content (AvgIpc) is 2.97. The fraction of sp³-hybridized carbons (Fsp3) is 0.571. The van der Waals surface area contributed by atoms with Gasteiger partial charge < -0.3 is 5.32 Å². The summed E-state index contributed by atoms with van der Waals surface area (Å²) in [7, 11) is 0. The van der Waals surface area contributed by atoms with Gasteiger partial charge in [0.2, 0.25) is 0 Å². The van der Waals surface area contributed by atoms with Gasteiger partial charge in [-0.15, -0.1) is 0 Å². The second kappa shape index (κ2) is 3.97. The van der Waals surface area contributed by atoms with Crippen LogP contribution in [0.3, 0.4) is 0 Å². The van der Waals surface area contributed by atoms with Crippen molar-refractivity contribution in [2.45, 2.75) is 45.1 Å². The molecule has 0 amide bonds. The van der Waals surface area contributed by atoms with Crippen molar-refractivity contribution in [3.8, 4) is 0 Å². The van der Waals surface area contributed by atoms with Crippen LogP contribution in [-0.4, -0.2) is 12.6 Å². The molecule has 1 N–H and O–H groups in total. The first-order valence-corrected chi connectivity index (χ1v) is 5.93. The van der Waals surface area contributed by atoms with Crippen LogP contribution < -0.4 is 5.32 Å². The fourth-order valence-corrected chi connectivity index (χ4v) is 2.03. The Morgan fingerprint density at radius 3 is 2.27 bits per heavy atom. The standard InChI is InChI=1S/C14H21N/c1-11(2)15-10-14(8-9-14)13-6-4-12(3)5-7-13/h4-7,11,15H,8-10H2,1-3H3. The summed E-state index contributed by atoms with van der Waals surface area (Å²) in [5, 5.41) is 3.56. The molecule has 1 aromatic rings. The summed E-state index contributed by atoms with van der Waals surface area (Å²) in [6, 6.07) is 9.64. The Labute approximate surface area is 92.9 Å². The van der Waals surface area contributed by atoms with E-state index >= 15 is 0 Å². The van der Waals surface area contributed by atoms with E-state index in [1.165, 1.54) is 24.0 Å². The summed E-state index contributed by atoms with van der Waals surface area (Å²) in [6.07, 6.45) is 2.69. The van der Waals surface area contributed by atoms with Gasteiger partial charge in [-0.25, -0.2) is 0 Å². The van der Waals surface area contributed by atoms with Crippen LogP contribution in [-0.2, 0) is 5.41 Å². The smallest absolute Gasteiger partial charge is 0.00785 e. The third-order valence-corrected chi connectivity index (χ3v) is 3.37. The molecule has 1 saturated carbocycles. The van der Waals surface area contributed by atoms with Crippen molar-refractivity contribution >= 4 is 0 Å². The lowest BCUT2D eigenvalue weighted by Gasteiger charge is -2.18. The molecular formula is C14H21N. The van der Waals surface area contributed by atoms with Crippen molar-refractivity contribution in [2.75, 3.05) is 6.54 Å². The Hall–Kier alpha value is -0.820. The zero-order valence-corrected chi connectivity index (χ0v) is 10.0. The molecule has 0 radical (unpaired) electrons. The van der Waals surface area contributed by atoms with Gasteiger partial charge in [-0.3, -0.25) is 0 Å². The molecule has 1 aliphatic carbocycles. The van der Waals surface area contributed by atoms with Crippen LogP contribution in [0, 0.1) is 6.92 Å². The van der Waals surface area contributed by atoms with E-state index in [0.717, 1.165) is 6.54 Å². The first-order valence-electron chi connectivity index (χ1n) is 5.93. The average molecular weight is 203 g/mol. The topological polar surface area (TPSA) is 12.0 Å². The molecule has 0 saturated heterocycles. The van der Waals surface area contributed by atoms with E-state index in [-0.39, 0.29) is 0 Å². The van der Waals surface area contributed by atoms with Crippen LogP contribution in [0.4, 0.5) is 0 Å². The minimum Gasteiger partial charge on any atom is -0.314 e. The SMILES string of the molecule is Cc1ccc(C2(CNC(C)C)CC2)cc1. The van der Waals surface area contributed by atoms with Gasteiger partial charge in [-0.1, -0.05) is 43.7 Å². The summed E-state index contributed by atoms with van der Waals surface area (Å²) in [5.74, 6) is 0. The molecule has 0 heterocycles. The molecule has 0 aromatic heterocycles. The Morgan fingerprint density at radius 1 is 1.20 bits per heavy atom. The largest absolute Gasteiger partial charge is 0.314 e. The molecule has 1 nitrogen and oxygen atoms in total. The van der Waals surface area contributed by atoms with Crippen LogP contribution in [0.15, 0.2) is 24.3 Å². The molecule has 0 unspecified atom stereocenters. The van der Waals surface area contributed by atoms with E-state index < -0.39 is 0 Å². The number of hydrogen-bond donors (Lipinski definition) is 1. The van der Waals surface area contributed by atoms with Crippen molar-refractivity contribution in [1.82, 2.24) is 5.32 Å². The van der Waals surface area contributed by atoms with E-state index in [1.54, 1.807) is 0 Å². The number of nitrogens with one attached hydrogen (secondary N) is 1. The van der Waals surface area contributed by atoms with Crippen molar-refractivity contribution < 1.29 is 0 Å². The zero-order valence-electron chi connectivity index (χ0n) is 10.0. The van der Waals surface area contributed by atoms with Gasteiger partial charge in [0.05, 0.1) is 0 Å². The van der Waals surface area contributed by atoms with Gasteiger partial charge >= 0.3 is 0 Å². The molecule has 0 bridgehead atoms. The van der Waals surface area contributed by atoms with Crippen LogP contribution in [0.5, 0.6) is 0 Å². The summed E-state index contributed by atoms with van der Waals surface area (Å²) in [4.78, 5) is 0. The van der Waals surface area contributed by atoms with E-state index in [9.17, 15) is 0 Å². The second-order valence-corrected chi connectivity index (χ2v) is 5.18. The fourth-order valence-electron chi connectivity index (χ4n) is 2.03. The quantitative estimate of drug-likeness (QED) is 0.793. The van der Waals surface area contributed by atoms with Crippen LogP contribution >= 0.6 is 0 Å². The predicted octanol–water partition coefficient (Wildman–Crippen LogP) is 3.02. The van der Waals surface area contributed by atoms with Crippen molar-refractivity contribution in [3.05, 3.63) is 35.4 Å². The molecule has 1 heteroatoms. The first kappa shape index (κ1) is 10.7. The van der Waals surface area contributed by atoms with E-state index in [2.05, 4.69) is 50.4 Å². The van der Waals surface area contributed by atoms with Crippen molar-refractivity contribution in [3.63, 3.8) is 0 Å². The highest BCUT2D eigenvalue weighted by atomic mass is 14.9. The third kappa shape index (κ3) is 2.40. The summed E-state index contributed by atoms with van der Waals surface area (Å²) in [5.41, 5.74) is 3.32. The molecule has 1 aliphatic rings. The van der Waals surface area contributed by atoms with Gasteiger partial charge in [0, 0.05) is 18.0 Å². The summed E-state index contributed by atoms with van der Waals surface area (Å²) < 4.78 is 0. The molecule has 2 rings (SSSR count). The Kier molecular flexibility index (Phi) is 2.83. The molecule has 82 valence electrons. The van der Waals surface area contributed by atoms with Gasteiger partial charge in [-0.05, 0) is 25.3 Å². The summed E-state index contributed by atoms with van der Waals surface area (Å²) >= 11 is 0. The maximum Gasteiger partial charge on any atom is 0.00785 e. The van der Waals surface area contributed by atoms with Crippen molar-refractivity contribution in [1.29, 1.82) is 0 Å². The van der Waals surface area contributed by atoms with Gasteiger partial charge in [0.15, 0.2) is 0 Å². The lowest BCUT2D eigenvalue weighted by Crippen LogP contribution is -2.31.